The first-order valence-electron chi connectivity index (χ1n) is 5.65. The number of benzene rings is 1. The van der Waals surface area contributed by atoms with Gasteiger partial charge in [-0.3, -0.25) is 4.79 Å². The normalized spacial score (nSPS) is 20.9. The molecule has 1 heterocycles. The summed E-state index contributed by atoms with van der Waals surface area (Å²) in [7, 11) is 0. The van der Waals surface area contributed by atoms with Gasteiger partial charge in [-0.15, -0.1) is 0 Å². The molecule has 1 saturated carbocycles. The molecule has 3 rings (SSSR count). The Morgan fingerprint density at radius 1 is 1.29 bits per heavy atom. The highest BCUT2D eigenvalue weighted by Gasteiger charge is 2.41. The van der Waals surface area contributed by atoms with Gasteiger partial charge in [0.2, 0.25) is 5.91 Å². The van der Waals surface area contributed by atoms with E-state index in [0.717, 1.165) is 19.3 Å². The van der Waals surface area contributed by atoms with Crippen molar-refractivity contribution in [2.24, 2.45) is 0 Å². The molecule has 1 aliphatic carbocycles. The molecule has 17 heavy (non-hydrogen) atoms. The summed E-state index contributed by atoms with van der Waals surface area (Å²) in [4.78, 5) is 11.8. The van der Waals surface area contributed by atoms with E-state index >= 15 is 0 Å². The maximum absolute atomic E-state index is 13.6. The topological polar surface area (TPSA) is 41.1 Å². The molecule has 1 aromatic carbocycles. The summed E-state index contributed by atoms with van der Waals surface area (Å²) in [5.74, 6) is -0.235. The van der Waals surface area contributed by atoms with E-state index in [1.807, 2.05) is 22.6 Å². The molecule has 0 atom stereocenters. The molecular formula is C12H12FIN2O. The van der Waals surface area contributed by atoms with Crippen molar-refractivity contribution in [3.05, 3.63) is 21.5 Å². The summed E-state index contributed by atoms with van der Waals surface area (Å²) in [6, 6.07) is 3.15. The second kappa shape index (κ2) is 3.83. The van der Waals surface area contributed by atoms with Crippen molar-refractivity contribution >= 4 is 39.9 Å². The number of anilines is 2. The highest BCUT2D eigenvalue weighted by Crippen LogP contribution is 2.42. The zero-order valence-electron chi connectivity index (χ0n) is 9.15. The molecule has 0 saturated heterocycles. The van der Waals surface area contributed by atoms with Crippen LogP contribution in [0.25, 0.3) is 0 Å². The van der Waals surface area contributed by atoms with Crippen molar-refractivity contribution < 1.29 is 9.18 Å². The largest absolute Gasteiger partial charge is 0.377 e. The minimum absolute atomic E-state index is 0.0124. The lowest BCUT2D eigenvalue weighted by Gasteiger charge is -2.41. The van der Waals surface area contributed by atoms with Crippen molar-refractivity contribution in [1.82, 2.24) is 0 Å². The fourth-order valence-electron chi connectivity index (χ4n) is 2.49. The van der Waals surface area contributed by atoms with Gasteiger partial charge >= 0.3 is 0 Å². The third kappa shape index (κ3) is 1.90. The van der Waals surface area contributed by atoms with Crippen LogP contribution in [0.15, 0.2) is 12.1 Å². The zero-order chi connectivity index (χ0) is 12.0. The van der Waals surface area contributed by atoms with Gasteiger partial charge in [-0.05, 0) is 47.9 Å². The average Bonchev–Trinajstić information content (AvgIpc) is 2.35. The molecular weight excluding hydrogens is 334 g/mol. The molecule has 1 fully saturated rings. The summed E-state index contributed by atoms with van der Waals surface area (Å²) in [5, 5.41) is 6.19. The summed E-state index contributed by atoms with van der Waals surface area (Å²) in [5.41, 5.74) is 1.24. The molecule has 1 aliphatic heterocycles. The third-order valence-corrected chi connectivity index (χ3v) is 4.37. The molecule has 0 aromatic heterocycles. The van der Waals surface area contributed by atoms with Gasteiger partial charge in [0.05, 0.1) is 14.9 Å². The predicted octanol–water partition coefficient (Wildman–Crippen LogP) is 3.11. The Morgan fingerprint density at radius 2 is 2.06 bits per heavy atom. The van der Waals surface area contributed by atoms with E-state index in [4.69, 9.17) is 0 Å². The lowest BCUT2D eigenvalue weighted by Crippen LogP contribution is -2.46. The van der Waals surface area contributed by atoms with Gasteiger partial charge in [0.15, 0.2) is 0 Å². The first kappa shape index (κ1) is 11.3. The number of nitrogens with one attached hydrogen (secondary N) is 2. The first-order valence-corrected chi connectivity index (χ1v) is 6.73. The molecule has 1 aromatic rings. The standard InChI is InChI=1S/C12H12FIN2O/c13-7-4-10-9(5-8(7)14)15-11(17)6-12(16-10)2-1-3-12/h4-5,16H,1-3,6H2,(H,15,17). The Labute approximate surface area is 112 Å². The van der Waals surface area contributed by atoms with E-state index in [2.05, 4.69) is 10.6 Å². The third-order valence-electron chi connectivity index (χ3n) is 3.54. The van der Waals surface area contributed by atoms with Gasteiger partial charge < -0.3 is 10.6 Å². The van der Waals surface area contributed by atoms with E-state index < -0.39 is 0 Å². The van der Waals surface area contributed by atoms with Crippen molar-refractivity contribution in [3.8, 4) is 0 Å². The van der Waals surface area contributed by atoms with Gasteiger partial charge in [-0.1, -0.05) is 0 Å². The van der Waals surface area contributed by atoms with E-state index in [0.29, 0.717) is 21.4 Å². The Morgan fingerprint density at radius 3 is 2.71 bits per heavy atom. The number of amides is 1. The van der Waals surface area contributed by atoms with Crippen LogP contribution in [0.2, 0.25) is 0 Å². The van der Waals surface area contributed by atoms with Crippen LogP contribution in [0, 0.1) is 9.39 Å². The van der Waals surface area contributed by atoms with Crippen LogP contribution >= 0.6 is 22.6 Å². The number of rotatable bonds is 0. The minimum atomic E-state index is -0.248. The van der Waals surface area contributed by atoms with E-state index in [-0.39, 0.29) is 17.3 Å². The Kier molecular flexibility index (Phi) is 2.53. The van der Waals surface area contributed by atoms with E-state index in [1.54, 1.807) is 6.07 Å². The lowest BCUT2D eigenvalue weighted by atomic mass is 9.74. The number of carbonyl (C=O) groups excluding carboxylic acids is 1. The van der Waals surface area contributed by atoms with Gasteiger partial charge in [0.25, 0.3) is 0 Å². The number of hydrogen-bond acceptors (Lipinski definition) is 2. The maximum Gasteiger partial charge on any atom is 0.226 e. The molecule has 1 amide bonds. The van der Waals surface area contributed by atoms with Crippen LogP contribution < -0.4 is 10.6 Å². The van der Waals surface area contributed by atoms with Crippen molar-refractivity contribution in [2.75, 3.05) is 10.6 Å². The number of hydrogen-bond donors (Lipinski definition) is 2. The Balaban J connectivity index is 2.05. The first-order chi connectivity index (χ1) is 8.08. The summed E-state index contributed by atoms with van der Waals surface area (Å²) in [6.45, 7) is 0. The molecule has 2 aliphatic rings. The monoisotopic (exact) mass is 346 g/mol. The highest BCUT2D eigenvalue weighted by atomic mass is 127. The quantitative estimate of drug-likeness (QED) is 0.709. The Bertz CT molecular complexity index is 500. The molecule has 0 radical (unpaired) electrons. The van der Waals surface area contributed by atoms with Gasteiger partial charge in [-0.2, -0.15) is 0 Å². The zero-order valence-corrected chi connectivity index (χ0v) is 11.3. The highest BCUT2D eigenvalue weighted by molar-refractivity contribution is 14.1. The van der Waals surface area contributed by atoms with Crippen LogP contribution in [-0.2, 0) is 4.79 Å². The summed E-state index contributed by atoms with van der Waals surface area (Å²) in [6.07, 6.45) is 3.56. The van der Waals surface area contributed by atoms with Gasteiger partial charge in [-0.25, -0.2) is 4.39 Å². The smallest absolute Gasteiger partial charge is 0.226 e. The Hall–Kier alpha value is -0.850. The predicted molar refractivity (Wildman–Crippen MR) is 72.6 cm³/mol. The second-order valence-corrected chi connectivity index (χ2v) is 5.96. The number of halogens is 2. The van der Waals surface area contributed by atoms with Crippen molar-refractivity contribution in [1.29, 1.82) is 0 Å². The van der Waals surface area contributed by atoms with Crippen LogP contribution in [0.4, 0.5) is 15.8 Å². The fourth-order valence-corrected chi connectivity index (χ4v) is 2.96. The SMILES string of the molecule is O=C1CC2(CCC2)Nc2cc(F)c(I)cc2N1. The summed E-state index contributed by atoms with van der Waals surface area (Å²) >= 11 is 1.93. The van der Waals surface area contributed by atoms with Crippen molar-refractivity contribution in [2.45, 2.75) is 31.2 Å². The molecule has 0 bridgehead atoms. The van der Waals surface area contributed by atoms with Crippen LogP contribution in [0.5, 0.6) is 0 Å². The molecule has 2 N–H and O–H groups in total. The molecule has 1 spiro atoms. The van der Waals surface area contributed by atoms with E-state index in [9.17, 15) is 9.18 Å². The molecule has 3 nitrogen and oxygen atoms in total. The maximum atomic E-state index is 13.6. The van der Waals surface area contributed by atoms with Crippen LogP contribution in [0.1, 0.15) is 25.7 Å². The number of carbonyl (C=O) groups is 1. The summed E-state index contributed by atoms with van der Waals surface area (Å²) < 4.78 is 14.1. The van der Waals surface area contributed by atoms with Crippen molar-refractivity contribution in [3.63, 3.8) is 0 Å². The van der Waals surface area contributed by atoms with Gasteiger partial charge in [0.1, 0.15) is 5.82 Å². The molecule has 5 heteroatoms. The average molecular weight is 346 g/mol. The second-order valence-electron chi connectivity index (χ2n) is 4.80. The fraction of sp³-hybridized carbons (Fsp3) is 0.417. The van der Waals surface area contributed by atoms with Crippen LogP contribution in [0.3, 0.4) is 0 Å². The lowest BCUT2D eigenvalue weighted by molar-refractivity contribution is -0.117. The minimum Gasteiger partial charge on any atom is -0.377 e. The number of fused-ring (bicyclic) bond motifs is 1. The van der Waals surface area contributed by atoms with E-state index in [1.165, 1.54) is 6.07 Å². The van der Waals surface area contributed by atoms with Gasteiger partial charge in [0, 0.05) is 18.0 Å². The van der Waals surface area contributed by atoms with Crippen LogP contribution in [-0.4, -0.2) is 11.4 Å². The molecule has 0 unspecified atom stereocenters. The molecule has 90 valence electrons.